The van der Waals surface area contributed by atoms with E-state index in [1.807, 2.05) is 13.0 Å². The molecule has 0 amide bonds. The molecule has 19 heavy (non-hydrogen) atoms. The van der Waals surface area contributed by atoms with E-state index in [1.165, 1.54) is 7.11 Å². The summed E-state index contributed by atoms with van der Waals surface area (Å²) in [5.41, 5.74) is 13.7. The van der Waals surface area contributed by atoms with Crippen molar-refractivity contribution in [3.8, 4) is 11.5 Å². The maximum absolute atomic E-state index is 9.79. The highest BCUT2D eigenvalue weighted by Gasteiger charge is 2.10. The molecule has 2 aromatic rings. The number of hydrogen-bond donors (Lipinski definition) is 3. The number of aromatic hydroxyl groups is 1. The molecule has 6 heteroatoms. The lowest BCUT2D eigenvalue weighted by Gasteiger charge is -2.10. The topological polar surface area (TPSA) is 107 Å². The zero-order valence-electron chi connectivity index (χ0n) is 10.8. The lowest BCUT2D eigenvalue weighted by Crippen LogP contribution is -2.04. The molecule has 0 spiro atoms. The minimum atomic E-state index is 0.146. The summed E-state index contributed by atoms with van der Waals surface area (Å²) in [5.74, 6) is 1.09. The Morgan fingerprint density at radius 3 is 2.68 bits per heavy atom. The summed E-state index contributed by atoms with van der Waals surface area (Å²) < 4.78 is 5.12. The van der Waals surface area contributed by atoms with Crippen molar-refractivity contribution < 1.29 is 9.84 Å². The Morgan fingerprint density at radius 2 is 2.05 bits per heavy atom. The normalized spacial score (nSPS) is 10.4. The lowest BCUT2D eigenvalue weighted by atomic mass is 10.0. The predicted molar refractivity (Wildman–Crippen MR) is 73.1 cm³/mol. The molecule has 0 aliphatic heterocycles. The Morgan fingerprint density at radius 1 is 1.32 bits per heavy atom. The number of aromatic nitrogens is 2. The van der Waals surface area contributed by atoms with Crippen LogP contribution in [0.3, 0.4) is 0 Å². The van der Waals surface area contributed by atoms with Gasteiger partial charge in [-0.15, -0.1) is 0 Å². The van der Waals surface area contributed by atoms with Gasteiger partial charge < -0.3 is 21.3 Å². The summed E-state index contributed by atoms with van der Waals surface area (Å²) in [6.45, 7) is 1.81. The molecule has 0 fully saturated rings. The molecule has 0 atom stereocenters. The third-order valence-electron chi connectivity index (χ3n) is 2.86. The Kier molecular flexibility index (Phi) is 3.41. The molecule has 1 aromatic heterocycles. The van der Waals surface area contributed by atoms with Crippen LogP contribution in [0.5, 0.6) is 11.5 Å². The number of rotatable bonds is 3. The molecule has 5 N–H and O–H groups in total. The maximum atomic E-state index is 9.79. The molecule has 0 aliphatic carbocycles. The second kappa shape index (κ2) is 5.01. The van der Waals surface area contributed by atoms with Gasteiger partial charge in [0.15, 0.2) is 11.5 Å². The van der Waals surface area contributed by atoms with Crippen LogP contribution in [0.2, 0.25) is 0 Å². The number of benzene rings is 1. The van der Waals surface area contributed by atoms with Crippen LogP contribution in [0.15, 0.2) is 18.3 Å². The van der Waals surface area contributed by atoms with Crippen molar-refractivity contribution >= 4 is 11.8 Å². The van der Waals surface area contributed by atoms with E-state index in [0.717, 1.165) is 16.7 Å². The zero-order valence-corrected chi connectivity index (χ0v) is 10.8. The predicted octanol–water partition coefficient (Wildman–Crippen LogP) is 1.25. The van der Waals surface area contributed by atoms with Gasteiger partial charge in [0.1, 0.15) is 5.82 Å². The van der Waals surface area contributed by atoms with Gasteiger partial charge in [-0.05, 0) is 24.1 Å². The number of nitrogens with two attached hydrogens (primary N) is 2. The van der Waals surface area contributed by atoms with Gasteiger partial charge in [-0.3, -0.25) is 0 Å². The molecule has 1 heterocycles. The van der Waals surface area contributed by atoms with Crippen molar-refractivity contribution in [2.24, 2.45) is 0 Å². The fourth-order valence-corrected chi connectivity index (χ4v) is 1.87. The molecule has 100 valence electrons. The second-order valence-corrected chi connectivity index (χ2v) is 4.28. The van der Waals surface area contributed by atoms with Gasteiger partial charge in [-0.2, -0.15) is 4.98 Å². The summed E-state index contributed by atoms with van der Waals surface area (Å²) in [6, 6.07) is 3.63. The SMILES string of the molecule is COc1cc(Cc2cnc(N)nc2N)cc(C)c1O. The average molecular weight is 260 g/mol. The van der Waals surface area contributed by atoms with Gasteiger partial charge in [0.2, 0.25) is 5.95 Å². The molecular weight excluding hydrogens is 244 g/mol. The van der Waals surface area contributed by atoms with Crippen molar-refractivity contribution in [1.29, 1.82) is 0 Å². The summed E-state index contributed by atoms with van der Waals surface area (Å²) >= 11 is 0. The Balaban J connectivity index is 2.35. The van der Waals surface area contributed by atoms with Gasteiger partial charge in [0, 0.05) is 18.2 Å². The number of methoxy groups -OCH3 is 1. The Hall–Kier alpha value is -2.50. The molecule has 0 aliphatic rings. The van der Waals surface area contributed by atoms with Crippen molar-refractivity contribution in [2.45, 2.75) is 13.3 Å². The fraction of sp³-hybridized carbons (Fsp3) is 0.231. The lowest BCUT2D eigenvalue weighted by molar-refractivity contribution is 0.371. The molecule has 2 rings (SSSR count). The van der Waals surface area contributed by atoms with Gasteiger partial charge in [0.25, 0.3) is 0 Å². The number of phenolic OH excluding ortho intramolecular Hbond substituents is 1. The summed E-state index contributed by atoms with van der Waals surface area (Å²) in [7, 11) is 1.51. The number of anilines is 2. The van der Waals surface area contributed by atoms with E-state index in [0.29, 0.717) is 18.0 Å². The molecular formula is C13H16N4O2. The van der Waals surface area contributed by atoms with Crippen LogP contribution < -0.4 is 16.2 Å². The second-order valence-electron chi connectivity index (χ2n) is 4.28. The number of aryl methyl sites for hydroxylation is 1. The van der Waals surface area contributed by atoms with Gasteiger partial charge in [-0.25, -0.2) is 4.98 Å². The van der Waals surface area contributed by atoms with E-state index in [2.05, 4.69) is 9.97 Å². The summed E-state index contributed by atoms with van der Waals surface area (Å²) in [5, 5.41) is 9.79. The van der Waals surface area contributed by atoms with Crippen LogP contribution in [0.1, 0.15) is 16.7 Å². The molecule has 0 saturated heterocycles. The quantitative estimate of drug-likeness (QED) is 0.766. The summed E-state index contributed by atoms with van der Waals surface area (Å²) in [4.78, 5) is 7.84. The smallest absolute Gasteiger partial charge is 0.221 e. The summed E-state index contributed by atoms with van der Waals surface area (Å²) in [6.07, 6.45) is 2.15. The van der Waals surface area contributed by atoms with Crippen molar-refractivity contribution in [1.82, 2.24) is 9.97 Å². The third kappa shape index (κ3) is 2.67. The van der Waals surface area contributed by atoms with Crippen LogP contribution in [0.25, 0.3) is 0 Å². The Labute approximate surface area is 111 Å². The van der Waals surface area contributed by atoms with Crippen LogP contribution in [-0.4, -0.2) is 22.2 Å². The van der Waals surface area contributed by atoms with E-state index < -0.39 is 0 Å². The van der Waals surface area contributed by atoms with E-state index in [1.54, 1.807) is 12.3 Å². The standard InChI is InChI=1S/C13H16N4O2/c1-7-3-8(5-10(19-2)11(7)18)4-9-6-16-13(15)17-12(9)14/h3,5-6,18H,4H2,1-2H3,(H4,14,15,16,17). The van der Waals surface area contributed by atoms with Crippen LogP contribution in [0, 0.1) is 6.92 Å². The molecule has 0 unspecified atom stereocenters. The van der Waals surface area contributed by atoms with Gasteiger partial charge in [0.05, 0.1) is 7.11 Å². The fourth-order valence-electron chi connectivity index (χ4n) is 1.87. The van der Waals surface area contributed by atoms with Crippen LogP contribution in [-0.2, 0) is 6.42 Å². The first-order chi connectivity index (χ1) is 9.01. The first-order valence-electron chi connectivity index (χ1n) is 5.74. The van der Waals surface area contributed by atoms with E-state index in [4.69, 9.17) is 16.2 Å². The molecule has 0 bridgehead atoms. The van der Waals surface area contributed by atoms with Crippen molar-refractivity contribution in [2.75, 3.05) is 18.6 Å². The van der Waals surface area contributed by atoms with Crippen molar-refractivity contribution in [3.05, 3.63) is 35.0 Å². The van der Waals surface area contributed by atoms with Crippen LogP contribution in [0.4, 0.5) is 11.8 Å². The zero-order chi connectivity index (χ0) is 14.0. The Bertz CT molecular complexity index is 614. The van der Waals surface area contributed by atoms with E-state index in [-0.39, 0.29) is 11.7 Å². The van der Waals surface area contributed by atoms with Crippen molar-refractivity contribution in [3.63, 3.8) is 0 Å². The monoisotopic (exact) mass is 260 g/mol. The minimum absolute atomic E-state index is 0.146. The third-order valence-corrected chi connectivity index (χ3v) is 2.86. The average Bonchev–Trinajstić information content (AvgIpc) is 2.37. The molecule has 6 nitrogen and oxygen atoms in total. The first-order valence-corrected chi connectivity index (χ1v) is 5.74. The molecule has 0 saturated carbocycles. The molecule has 0 radical (unpaired) electrons. The van der Waals surface area contributed by atoms with E-state index >= 15 is 0 Å². The van der Waals surface area contributed by atoms with Crippen LogP contribution >= 0.6 is 0 Å². The highest BCUT2D eigenvalue weighted by molar-refractivity contribution is 5.50. The van der Waals surface area contributed by atoms with Gasteiger partial charge in [-0.1, -0.05) is 6.07 Å². The highest BCUT2D eigenvalue weighted by atomic mass is 16.5. The maximum Gasteiger partial charge on any atom is 0.221 e. The number of phenols is 1. The number of hydrogen-bond acceptors (Lipinski definition) is 6. The number of nitrogens with zero attached hydrogens (tertiary/aromatic N) is 2. The number of ether oxygens (including phenoxy) is 1. The van der Waals surface area contributed by atoms with E-state index in [9.17, 15) is 5.11 Å². The van der Waals surface area contributed by atoms with Gasteiger partial charge >= 0.3 is 0 Å². The minimum Gasteiger partial charge on any atom is -0.504 e. The first kappa shape index (κ1) is 12.9. The number of nitrogen functional groups attached to an aromatic ring is 2. The molecule has 1 aromatic carbocycles. The largest absolute Gasteiger partial charge is 0.504 e. The highest BCUT2D eigenvalue weighted by Crippen LogP contribution is 2.31.